The maximum absolute atomic E-state index is 12.3. The molecule has 136 valence electrons. The summed E-state index contributed by atoms with van der Waals surface area (Å²) in [4.78, 5) is 37.8. The molecular formula is C19H20N2O5. The highest BCUT2D eigenvalue weighted by Gasteiger charge is 2.23. The molecule has 2 aromatic rings. The van der Waals surface area contributed by atoms with E-state index in [0.29, 0.717) is 30.0 Å². The minimum absolute atomic E-state index is 0.0428. The summed E-state index contributed by atoms with van der Waals surface area (Å²) in [5, 5.41) is 2.64. The fraction of sp³-hybridized carbons (Fsp3) is 0.316. The minimum atomic E-state index is -0.950. The Morgan fingerprint density at radius 3 is 2.85 bits per heavy atom. The number of carbonyl (C=O) groups is 3. The Bertz CT molecular complexity index is 800. The lowest BCUT2D eigenvalue weighted by atomic mass is 10.2. The molecule has 26 heavy (non-hydrogen) atoms. The third kappa shape index (κ3) is 4.11. The summed E-state index contributed by atoms with van der Waals surface area (Å²) >= 11 is 0. The Morgan fingerprint density at radius 2 is 2.15 bits per heavy atom. The number of nitrogens with zero attached hydrogens (tertiary/aromatic N) is 1. The van der Waals surface area contributed by atoms with Gasteiger partial charge in [0, 0.05) is 18.7 Å². The van der Waals surface area contributed by atoms with E-state index in [1.807, 2.05) is 0 Å². The molecule has 0 bridgehead atoms. The van der Waals surface area contributed by atoms with E-state index in [-0.39, 0.29) is 12.5 Å². The highest BCUT2D eigenvalue weighted by atomic mass is 16.5. The largest absolute Gasteiger partial charge is 0.467 e. The summed E-state index contributed by atoms with van der Waals surface area (Å²) in [6, 6.07) is 10.1. The van der Waals surface area contributed by atoms with Gasteiger partial charge in [-0.3, -0.25) is 9.59 Å². The summed E-state index contributed by atoms with van der Waals surface area (Å²) in [6.07, 6.45) is 1.89. The molecule has 0 spiro atoms. The van der Waals surface area contributed by atoms with Crippen molar-refractivity contribution >= 4 is 23.5 Å². The van der Waals surface area contributed by atoms with Crippen LogP contribution in [0, 0.1) is 0 Å². The van der Waals surface area contributed by atoms with Crippen LogP contribution in [0.25, 0.3) is 0 Å². The predicted molar refractivity (Wildman–Crippen MR) is 93.5 cm³/mol. The lowest BCUT2D eigenvalue weighted by Crippen LogP contribution is -2.35. The van der Waals surface area contributed by atoms with Crippen LogP contribution >= 0.6 is 0 Å². The van der Waals surface area contributed by atoms with Gasteiger partial charge in [-0.2, -0.15) is 0 Å². The highest BCUT2D eigenvalue weighted by molar-refractivity contribution is 5.98. The molecule has 7 heteroatoms. The van der Waals surface area contributed by atoms with E-state index in [9.17, 15) is 14.4 Å². The monoisotopic (exact) mass is 356 g/mol. The first kappa shape index (κ1) is 17.7. The van der Waals surface area contributed by atoms with Crippen LogP contribution in [-0.2, 0) is 20.9 Å². The average Bonchev–Trinajstić information content (AvgIpc) is 3.31. The van der Waals surface area contributed by atoms with E-state index in [2.05, 4.69) is 5.32 Å². The molecule has 2 amide bonds. The Kier molecular flexibility index (Phi) is 5.36. The predicted octanol–water partition coefficient (Wildman–Crippen LogP) is 2.27. The number of benzene rings is 1. The van der Waals surface area contributed by atoms with Gasteiger partial charge in [0.2, 0.25) is 5.91 Å². The van der Waals surface area contributed by atoms with Crippen LogP contribution < -0.4 is 10.2 Å². The molecule has 1 saturated heterocycles. The molecule has 2 heterocycles. The molecule has 0 aliphatic carbocycles. The Hall–Kier alpha value is -3.09. The zero-order valence-electron chi connectivity index (χ0n) is 14.4. The summed E-state index contributed by atoms with van der Waals surface area (Å²) in [5.41, 5.74) is 0.963. The molecule has 1 aliphatic rings. The van der Waals surface area contributed by atoms with Crippen LogP contribution in [0.1, 0.15) is 35.9 Å². The minimum Gasteiger partial charge on any atom is -0.467 e. The zero-order valence-corrected chi connectivity index (χ0v) is 14.4. The van der Waals surface area contributed by atoms with Crippen molar-refractivity contribution in [3.63, 3.8) is 0 Å². The number of furan rings is 1. The summed E-state index contributed by atoms with van der Waals surface area (Å²) < 4.78 is 10.4. The van der Waals surface area contributed by atoms with Gasteiger partial charge in [-0.25, -0.2) is 4.79 Å². The molecule has 0 unspecified atom stereocenters. The van der Waals surface area contributed by atoms with E-state index in [4.69, 9.17) is 9.15 Å². The molecule has 0 radical (unpaired) electrons. The van der Waals surface area contributed by atoms with Crippen LogP contribution in [0.15, 0.2) is 47.1 Å². The lowest BCUT2D eigenvalue weighted by molar-refractivity contribution is -0.129. The third-order valence-corrected chi connectivity index (χ3v) is 4.14. The number of hydrogen-bond acceptors (Lipinski definition) is 5. The summed E-state index contributed by atoms with van der Waals surface area (Å²) in [7, 11) is 0. The van der Waals surface area contributed by atoms with Crippen molar-refractivity contribution < 1.29 is 23.5 Å². The fourth-order valence-electron chi connectivity index (χ4n) is 2.74. The molecule has 1 aliphatic heterocycles. The third-order valence-electron chi connectivity index (χ3n) is 4.14. The first-order valence-electron chi connectivity index (χ1n) is 8.46. The van der Waals surface area contributed by atoms with Gasteiger partial charge in [0.25, 0.3) is 5.91 Å². The van der Waals surface area contributed by atoms with Crippen molar-refractivity contribution in [3.8, 4) is 0 Å². The number of rotatable bonds is 6. The van der Waals surface area contributed by atoms with Crippen LogP contribution in [0.2, 0.25) is 0 Å². The molecule has 0 saturated carbocycles. The van der Waals surface area contributed by atoms with Crippen molar-refractivity contribution in [2.75, 3.05) is 11.4 Å². The first-order chi connectivity index (χ1) is 12.5. The number of carbonyl (C=O) groups excluding carboxylic acids is 3. The molecule has 1 N–H and O–H groups in total. The van der Waals surface area contributed by atoms with Gasteiger partial charge in [0.1, 0.15) is 5.76 Å². The van der Waals surface area contributed by atoms with E-state index < -0.39 is 18.0 Å². The average molecular weight is 356 g/mol. The SMILES string of the molecule is C[C@H](OC(=O)c1cccc(N2CCCC2=O)c1)C(=O)NCc1ccco1. The zero-order chi connectivity index (χ0) is 18.5. The molecule has 3 rings (SSSR count). The number of ether oxygens (including phenoxy) is 1. The van der Waals surface area contributed by atoms with E-state index in [1.165, 1.54) is 13.2 Å². The number of anilines is 1. The molecular weight excluding hydrogens is 336 g/mol. The molecule has 1 fully saturated rings. The maximum atomic E-state index is 12.3. The van der Waals surface area contributed by atoms with Crippen molar-refractivity contribution in [3.05, 3.63) is 54.0 Å². The van der Waals surface area contributed by atoms with E-state index in [1.54, 1.807) is 41.3 Å². The van der Waals surface area contributed by atoms with Gasteiger partial charge in [-0.1, -0.05) is 6.07 Å². The standard InChI is InChI=1S/C19H20N2O5/c1-13(18(23)20-12-16-7-4-10-25-16)26-19(24)14-5-2-6-15(11-14)21-9-3-8-17(21)22/h2,4-7,10-11,13H,3,8-9,12H2,1H3,(H,20,23)/t13-/m0/s1. The van der Waals surface area contributed by atoms with E-state index in [0.717, 1.165) is 6.42 Å². The normalized spacial score (nSPS) is 15.0. The lowest BCUT2D eigenvalue weighted by Gasteiger charge is -2.17. The van der Waals surface area contributed by atoms with Crippen LogP contribution in [-0.4, -0.2) is 30.4 Å². The van der Waals surface area contributed by atoms with Crippen molar-refractivity contribution in [2.45, 2.75) is 32.4 Å². The number of amides is 2. The van der Waals surface area contributed by atoms with Gasteiger partial charge in [0.15, 0.2) is 6.10 Å². The van der Waals surface area contributed by atoms with Crippen LogP contribution in [0.4, 0.5) is 5.69 Å². The smallest absolute Gasteiger partial charge is 0.338 e. The Balaban J connectivity index is 1.58. The van der Waals surface area contributed by atoms with Gasteiger partial charge >= 0.3 is 5.97 Å². The number of esters is 1. The molecule has 1 aromatic heterocycles. The molecule has 1 atom stereocenters. The van der Waals surface area contributed by atoms with Crippen molar-refractivity contribution in [2.24, 2.45) is 0 Å². The van der Waals surface area contributed by atoms with Gasteiger partial charge in [-0.15, -0.1) is 0 Å². The van der Waals surface area contributed by atoms with Gasteiger partial charge in [0.05, 0.1) is 18.4 Å². The summed E-state index contributed by atoms with van der Waals surface area (Å²) in [5.74, 6) is -0.374. The fourth-order valence-corrected chi connectivity index (χ4v) is 2.74. The Morgan fingerprint density at radius 1 is 1.31 bits per heavy atom. The topological polar surface area (TPSA) is 88.8 Å². The van der Waals surface area contributed by atoms with E-state index >= 15 is 0 Å². The second-order valence-electron chi connectivity index (χ2n) is 6.04. The number of hydrogen-bond donors (Lipinski definition) is 1. The van der Waals surface area contributed by atoms with Gasteiger partial charge < -0.3 is 19.4 Å². The van der Waals surface area contributed by atoms with Crippen molar-refractivity contribution in [1.82, 2.24) is 5.32 Å². The maximum Gasteiger partial charge on any atom is 0.338 e. The van der Waals surface area contributed by atoms with Crippen LogP contribution in [0.3, 0.4) is 0 Å². The highest BCUT2D eigenvalue weighted by Crippen LogP contribution is 2.22. The molecule has 7 nitrogen and oxygen atoms in total. The summed E-state index contributed by atoms with van der Waals surface area (Å²) in [6.45, 7) is 2.37. The second kappa shape index (κ2) is 7.86. The Labute approximate surface area is 150 Å². The first-order valence-corrected chi connectivity index (χ1v) is 8.46. The number of nitrogens with one attached hydrogen (secondary N) is 1. The van der Waals surface area contributed by atoms with Crippen LogP contribution in [0.5, 0.6) is 0 Å². The van der Waals surface area contributed by atoms with Gasteiger partial charge in [-0.05, 0) is 43.7 Å². The second-order valence-corrected chi connectivity index (χ2v) is 6.04. The van der Waals surface area contributed by atoms with Crippen molar-refractivity contribution in [1.29, 1.82) is 0 Å². The quantitative estimate of drug-likeness (QED) is 0.802. The molecule has 1 aromatic carbocycles.